The number of aromatic nitrogens is 2. The summed E-state index contributed by atoms with van der Waals surface area (Å²) in [6, 6.07) is 3.80. The third kappa shape index (κ3) is 3.97. The monoisotopic (exact) mass is 361 g/mol. The zero-order valence-electron chi connectivity index (χ0n) is 14.4. The van der Waals surface area contributed by atoms with Crippen molar-refractivity contribution in [2.45, 2.75) is 19.4 Å². The van der Waals surface area contributed by atoms with Crippen molar-refractivity contribution in [2.75, 3.05) is 45.8 Å². The Hall–Kier alpha value is -1.63. The van der Waals surface area contributed by atoms with E-state index in [1.165, 1.54) is 0 Å². The summed E-state index contributed by atoms with van der Waals surface area (Å²) in [4.78, 5) is 23.6. The molecule has 2 fully saturated rings. The van der Waals surface area contributed by atoms with Crippen LogP contribution in [0.5, 0.6) is 0 Å². The number of carbonyl (C=O) groups excluding carboxylic acids is 1. The number of likely N-dealkylation sites (tertiary alicyclic amines) is 1. The van der Waals surface area contributed by atoms with Crippen molar-refractivity contribution in [1.82, 2.24) is 24.1 Å². The molecule has 0 N–H and O–H groups in total. The Morgan fingerprint density at radius 3 is 2.48 bits per heavy atom. The number of hydrogen-bond donors (Lipinski definition) is 0. The minimum Gasteiger partial charge on any atom is -0.342 e. The highest BCUT2D eigenvalue weighted by Crippen LogP contribution is 2.14. The predicted molar refractivity (Wildman–Crippen MR) is 97.7 cm³/mol. The van der Waals surface area contributed by atoms with Crippen molar-refractivity contribution in [2.24, 2.45) is 0 Å². The number of hydrogen-bond acceptors (Lipinski definition) is 4. The summed E-state index contributed by atoms with van der Waals surface area (Å²) in [6.07, 6.45) is 6.24. The third-order valence-corrected chi connectivity index (χ3v) is 5.36. The Morgan fingerprint density at radius 2 is 1.72 bits per heavy atom. The van der Waals surface area contributed by atoms with Crippen LogP contribution in [0.1, 0.15) is 18.5 Å². The van der Waals surface area contributed by atoms with Crippen molar-refractivity contribution < 1.29 is 4.79 Å². The first-order valence-electron chi connectivity index (χ1n) is 9.03. The van der Waals surface area contributed by atoms with Gasteiger partial charge in [0.15, 0.2) is 0 Å². The van der Waals surface area contributed by atoms with Gasteiger partial charge in [0.2, 0.25) is 5.91 Å². The molecule has 25 heavy (non-hydrogen) atoms. The van der Waals surface area contributed by atoms with Crippen LogP contribution in [0.3, 0.4) is 0 Å². The van der Waals surface area contributed by atoms with Gasteiger partial charge in [-0.3, -0.25) is 14.6 Å². The number of amides is 1. The summed E-state index contributed by atoms with van der Waals surface area (Å²) in [5.74, 6) is 0.295. The molecule has 6 nitrogen and oxygen atoms in total. The first kappa shape index (κ1) is 16.8. The van der Waals surface area contributed by atoms with Crippen molar-refractivity contribution in [3.63, 3.8) is 0 Å². The van der Waals surface area contributed by atoms with E-state index in [4.69, 9.17) is 11.6 Å². The topological polar surface area (TPSA) is 44.1 Å². The molecule has 0 bridgehead atoms. The van der Waals surface area contributed by atoms with E-state index in [0.29, 0.717) is 17.5 Å². The van der Waals surface area contributed by atoms with Crippen LogP contribution < -0.4 is 0 Å². The average molecular weight is 362 g/mol. The second-order valence-electron chi connectivity index (χ2n) is 6.99. The van der Waals surface area contributed by atoms with Gasteiger partial charge in [-0.05, 0) is 25.0 Å². The van der Waals surface area contributed by atoms with Gasteiger partial charge in [-0.2, -0.15) is 0 Å². The second-order valence-corrected chi connectivity index (χ2v) is 7.42. The van der Waals surface area contributed by atoms with Crippen molar-refractivity contribution in [3.05, 3.63) is 35.2 Å². The van der Waals surface area contributed by atoms with Crippen LogP contribution in [0, 0.1) is 0 Å². The molecule has 2 saturated heterocycles. The van der Waals surface area contributed by atoms with Gasteiger partial charge in [0.1, 0.15) is 5.65 Å². The predicted octanol–water partition coefficient (Wildman–Crippen LogP) is 1.73. The average Bonchev–Trinajstić information content (AvgIpc) is 3.25. The lowest BCUT2D eigenvalue weighted by Gasteiger charge is -2.34. The first-order valence-corrected chi connectivity index (χ1v) is 9.41. The molecule has 0 atom stereocenters. The summed E-state index contributed by atoms with van der Waals surface area (Å²) in [5, 5.41) is 0.715. The molecule has 0 aromatic carbocycles. The number of nitrogens with zero attached hydrogens (tertiary/aromatic N) is 5. The van der Waals surface area contributed by atoms with Gasteiger partial charge in [0.05, 0.1) is 17.3 Å². The first-order chi connectivity index (χ1) is 12.2. The Labute approximate surface area is 153 Å². The molecule has 134 valence electrons. The fourth-order valence-electron chi connectivity index (χ4n) is 3.69. The molecule has 2 aliphatic rings. The number of rotatable bonds is 4. The lowest BCUT2D eigenvalue weighted by atomic mass is 10.3. The summed E-state index contributed by atoms with van der Waals surface area (Å²) < 4.78 is 1.97. The SMILES string of the molecule is O=C(CN1CCN(Cc2cn3cc(Cl)ccc3n2)CC1)N1CCCC1. The normalized spacial score (nSPS) is 19.8. The van der Waals surface area contributed by atoms with Gasteiger partial charge in [0, 0.05) is 58.2 Å². The molecule has 0 radical (unpaired) electrons. The quantitative estimate of drug-likeness (QED) is 0.832. The Balaban J connectivity index is 1.28. The fraction of sp³-hybridized carbons (Fsp3) is 0.556. The minimum atomic E-state index is 0.295. The van der Waals surface area contributed by atoms with Crippen molar-refractivity contribution in [3.8, 4) is 0 Å². The van der Waals surface area contributed by atoms with Crippen LogP contribution in [-0.2, 0) is 11.3 Å². The van der Waals surface area contributed by atoms with Gasteiger partial charge in [-0.15, -0.1) is 0 Å². The number of pyridine rings is 1. The molecule has 0 aliphatic carbocycles. The van der Waals surface area contributed by atoms with Gasteiger partial charge in [-0.1, -0.05) is 11.6 Å². The summed E-state index contributed by atoms with van der Waals surface area (Å²) in [6.45, 7) is 7.13. The van der Waals surface area contributed by atoms with E-state index in [-0.39, 0.29) is 0 Å². The van der Waals surface area contributed by atoms with E-state index >= 15 is 0 Å². The molecule has 1 amide bonds. The number of fused-ring (bicyclic) bond motifs is 1. The largest absolute Gasteiger partial charge is 0.342 e. The van der Waals surface area contributed by atoms with Crippen LogP contribution in [0.15, 0.2) is 24.5 Å². The molecule has 0 unspecified atom stereocenters. The van der Waals surface area contributed by atoms with E-state index in [0.717, 1.165) is 70.0 Å². The van der Waals surface area contributed by atoms with Crippen LogP contribution in [0.25, 0.3) is 5.65 Å². The van der Waals surface area contributed by atoms with Gasteiger partial charge >= 0.3 is 0 Å². The second kappa shape index (κ2) is 7.32. The highest BCUT2D eigenvalue weighted by molar-refractivity contribution is 6.30. The van der Waals surface area contributed by atoms with E-state index in [1.807, 2.05) is 33.8 Å². The third-order valence-electron chi connectivity index (χ3n) is 5.13. The molecule has 4 heterocycles. The maximum Gasteiger partial charge on any atom is 0.236 e. The van der Waals surface area contributed by atoms with E-state index in [1.54, 1.807) is 0 Å². The molecule has 7 heteroatoms. The maximum atomic E-state index is 12.3. The molecule has 0 spiro atoms. The highest BCUT2D eigenvalue weighted by atomic mass is 35.5. The van der Waals surface area contributed by atoms with Crippen LogP contribution in [0.4, 0.5) is 0 Å². The summed E-state index contributed by atoms with van der Waals surface area (Å²) in [7, 11) is 0. The van der Waals surface area contributed by atoms with Gasteiger partial charge in [0.25, 0.3) is 0 Å². The Kier molecular flexibility index (Phi) is 4.92. The maximum absolute atomic E-state index is 12.3. The van der Waals surface area contributed by atoms with Crippen LogP contribution in [-0.4, -0.2) is 75.8 Å². The number of halogens is 1. The van der Waals surface area contributed by atoms with Crippen molar-refractivity contribution >= 4 is 23.2 Å². The highest BCUT2D eigenvalue weighted by Gasteiger charge is 2.23. The summed E-state index contributed by atoms with van der Waals surface area (Å²) in [5.41, 5.74) is 1.98. The van der Waals surface area contributed by atoms with E-state index in [9.17, 15) is 4.79 Å². The summed E-state index contributed by atoms with van der Waals surface area (Å²) >= 11 is 6.03. The number of carbonyl (C=O) groups is 1. The molecular weight excluding hydrogens is 338 g/mol. The molecule has 4 rings (SSSR count). The smallest absolute Gasteiger partial charge is 0.236 e. The lowest BCUT2D eigenvalue weighted by molar-refractivity contribution is -0.131. The Bertz CT molecular complexity index is 747. The minimum absolute atomic E-state index is 0.295. The van der Waals surface area contributed by atoms with Gasteiger partial charge < -0.3 is 9.30 Å². The fourth-order valence-corrected chi connectivity index (χ4v) is 3.85. The zero-order valence-corrected chi connectivity index (χ0v) is 15.2. The van der Waals surface area contributed by atoms with E-state index in [2.05, 4.69) is 14.8 Å². The molecule has 2 aromatic heterocycles. The van der Waals surface area contributed by atoms with Crippen LogP contribution in [0.2, 0.25) is 5.02 Å². The van der Waals surface area contributed by atoms with Crippen molar-refractivity contribution in [1.29, 1.82) is 0 Å². The van der Waals surface area contributed by atoms with Gasteiger partial charge in [-0.25, -0.2) is 4.98 Å². The Morgan fingerprint density at radius 1 is 1.00 bits per heavy atom. The molecular formula is C18H24ClN5O. The zero-order chi connectivity index (χ0) is 17.2. The van der Waals surface area contributed by atoms with E-state index < -0.39 is 0 Å². The van der Waals surface area contributed by atoms with Crippen LogP contribution >= 0.6 is 11.6 Å². The molecule has 2 aromatic rings. The number of imidazole rings is 1. The number of piperazine rings is 1. The lowest BCUT2D eigenvalue weighted by Crippen LogP contribution is -2.49. The standard InChI is InChI=1S/C18H24ClN5O/c19-15-3-4-17-20-16(13-24(17)11-15)12-21-7-9-22(10-8-21)14-18(25)23-5-1-2-6-23/h3-4,11,13H,1-2,5-10,12,14H2. The molecule has 0 saturated carbocycles. The molecule has 2 aliphatic heterocycles.